The molecule has 0 atom stereocenters. The summed E-state index contributed by atoms with van der Waals surface area (Å²) < 4.78 is 13.3. The van der Waals surface area contributed by atoms with E-state index in [2.05, 4.69) is 15.3 Å². The van der Waals surface area contributed by atoms with Gasteiger partial charge in [0.15, 0.2) is 17.3 Å². The van der Waals surface area contributed by atoms with Crippen molar-refractivity contribution in [1.29, 1.82) is 0 Å². The zero-order chi connectivity index (χ0) is 21.0. The SMILES string of the molecule is CCc1n[nH]c(=S)n1N=Cc1ccc(OCc2c(Cl)ccc(Cl)c2Cl)c(OC)c1. The van der Waals surface area contributed by atoms with Gasteiger partial charge in [0.25, 0.3) is 0 Å². The second kappa shape index (κ2) is 9.63. The van der Waals surface area contributed by atoms with E-state index in [1.54, 1.807) is 42.3 Å². The number of benzene rings is 2. The van der Waals surface area contributed by atoms with Crippen molar-refractivity contribution in [2.75, 3.05) is 7.11 Å². The Labute approximate surface area is 188 Å². The molecule has 0 amide bonds. The second-order valence-corrected chi connectivity index (χ2v) is 7.45. The van der Waals surface area contributed by atoms with Gasteiger partial charge >= 0.3 is 0 Å². The number of methoxy groups -OCH3 is 1. The molecule has 0 fully saturated rings. The van der Waals surface area contributed by atoms with Crippen molar-refractivity contribution in [3.63, 3.8) is 0 Å². The van der Waals surface area contributed by atoms with E-state index in [1.807, 2.05) is 13.0 Å². The van der Waals surface area contributed by atoms with Crippen LogP contribution in [0.25, 0.3) is 0 Å². The van der Waals surface area contributed by atoms with Gasteiger partial charge in [0, 0.05) is 17.0 Å². The predicted octanol–water partition coefficient (Wildman–Crippen LogP) is 5.93. The molecule has 0 aliphatic heterocycles. The number of aromatic amines is 1. The van der Waals surface area contributed by atoms with Gasteiger partial charge in [0.1, 0.15) is 6.61 Å². The van der Waals surface area contributed by atoms with E-state index in [4.69, 9.17) is 56.5 Å². The molecule has 0 radical (unpaired) electrons. The van der Waals surface area contributed by atoms with E-state index < -0.39 is 0 Å². The van der Waals surface area contributed by atoms with Crippen LogP contribution >= 0.6 is 47.0 Å². The lowest BCUT2D eigenvalue weighted by atomic mass is 10.2. The number of aromatic nitrogens is 3. The van der Waals surface area contributed by atoms with Crippen LogP contribution in [-0.2, 0) is 13.0 Å². The fourth-order valence-corrected chi connectivity index (χ4v) is 3.39. The smallest absolute Gasteiger partial charge is 0.216 e. The lowest BCUT2D eigenvalue weighted by Gasteiger charge is -2.13. The predicted molar refractivity (Wildman–Crippen MR) is 119 cm³/mol. The number of halogens is 3. The fraction of sp³-hybridized carbons (Fsp3) is 0.211. The first kappa shape index (κ1) is 21.6. The van der Waals surface area contributed by atoms with Crippen LogP contribution in [0.1, 0.15) is 23.9 Å². The molecule has 0 unspecified atom stereocenters. The maximum absolute atomic E-state index is 6.23. The van der Waals surface area contributed by atoms with Crippen molar-refractivity contribution in [2.45, 2.75) is 20.0 Å². The van der Waals surface area contributed by atoms with Gasteiger partial charge in [-0.1, -0.05) is 41.7 Å². The molecule has 0 saturated heterocycles. The molecule has 1 heterocycles. The summed E-state index contributed by atoms with van der Waals surface area (Å²) in [6, 6.07) is 8.74. The average molecular weight is 472 g/mol. The van der Waals surface area contributed by atoms with Crippen molar-refractivity contribution in [1.82, 2.24) is 14.9 Å². The number of H-pyrrole nitrogens is 1. The molecule has 0 spiro atoms. The van der Waals surface area contributed by atoms with Crippen LogP contribution in [0.5, 0.6) is 11.5 Å². The van der Waals surface area contributed by atoms with E-state index in [0.717, 1.165) is 11.4 Å². The molecule has 0 aliphatic carbocycles. The molecule has 10 heteroatoms. The zero-order valence-electron chi connectivity index (χ0n) is 15.6. The second-order valence-electron chi connectivity index (χ2n) is 5.88. The highest BCUT2D eigenvalue weighted by molar-refractivity contribution is 7.71. The summed E-state index contributed by atoms with van der Waals surface area (Å²) in [5.74, 6) is 1.81. The monoisotopic (exact) mass is 470 g/mol. The quantitative estimate of drug-likeness (QED) is 0.263. The summed E-state index contributed by atoms with van der Waals surface area (Å²) in [5.41, 5.74) is 1.41. The van der Waals surface area contributed by atoms with Crippen molar-refractivity contribution < 1.29 is 9.47 Å². The zero-order valence-corrected chi connectivity index (χ0v) is 18.7. The lowest BCUT2D eigenvalue weighted by molar-refractivity contribution is 0.284. The Hall–Kier alpha value is -2.06. The van der Waals surface area contributed by atoms with E-state index >= 15 is 0 Å². The number of aryl methyl sites for hydroxylation is 1. The number of hydrogen-bond donors (Lipinski definition) is 1. The topological polar surface area (TPSA) is 64.4 Å². The van der Waals surface area contributed by atoms with Gasteiger partial charge < -0.3 is 9.47 Å². The normalized spacial score (nSPS) is 11.2. The lowest BCUT2D eigenvalue weighted by Crippen LogP contribution is -2.01. The van der Waals surface area contributed by atoms with Crippen molar-refractivity contribution in [3.8, 4) is 11.5 Å². The molecule has 6 nitrogen and oxygen atoms in total. The van der Waals surface area contributed by atoms with Gasteiger partial charge in [0.2, 0.25) is 4.77 Å². The molecule has 2 aromatic carbocycles. The van der Waals surface area contributed by atoms with Gasteiger partial charge in [-0.05, 0) is 48.1 Å². The van der Waals surface area contributed by atoms with Crippen LogP contribution in [-0.4, -0.2) is 28.2 Å². The maximum Gasteiger partial charge on any atom is 0.216 e. The highest BCUT2D eigenvalue weighted by Gasteiger charge is 2.12. The molecule has 3 aromatic rings. The van der Waals surface area contributed by atoms with Crippen molar-refractivity contribution in [2.24, 2.45) is 5.10 Å². The summed E-state index contributed by atoms with van der Waals surface area (Å²) in [5, 5.41) is 12.5. The minimum Gasteiger partial charge on any atom is -0.493 e. The van der Waals surface area contributed by atoms with Gasteiger partial charge in [-0.25, -0.2) is 0 Å². The average Bonchev–Trinajstić information content (AvgIpc) is 3.09. The van der Waals surface area contributed by atoms with Crippen LogP contribution in [0.2, 0.25) is 15.1 Å². The molecule has 152 valence electrons. The molecular weight excluding hydrogens is 455 g/mol. The molecular formula is C19H17Cl3N4O2S. The summed E-state index contributed by atoms with van der Waals surface area (Å²) >= 11 is 23.7. The Morgan fingerprint density at radius 1 is 1.17 bits per heavy atom. The minimum atomic E-state index is 0.145. The maximum atomic E-state index is 6.23. The Morgan fingerprint density at radius 3 is 2.66 bits per heavy atom. The van der Waals surface area contributed by atoms with E-state index in [-0.39, 0.29) is 6.61 Å². The van der Waals surface area contributed by atoms with E-state index in [1.165, 1.54) is 0 Å². The van der Waals surface area contributed by atoms with Crippen LogP contribution in [0.3, 0.4) is 0 Å². The van der Waals surface area contributed by atoms with Gasteiger partial charge in [-0.3, -0.25) is 5.10 Å². The number of nitrogens with one attached hydrogen (secondary N) is 1. The van der Waals surface area contributed by atoms with Crippen LogP contribution in [0.4, 0.5) is 0 Å². The van der Waals surface area contributed by atoms with Crippen molar-refractivity contribution in [3.05, 3.63) is 67.1 Å². The summed E-state index contributed by atoms with van der Waals surface area (Å²) in [6.07, 6.45) is 2.37. The summed E-state index contributed by atoms with van der Waals surface area (Å²) in [6.45, 7) is 2.12. The first-order chi connectivity index (χ1) is 13.9. The largest absolute Gasteiger partial charge is 0.493 e. The van der Waals surface area contributed by atoms with Gasteiger partial charge in [0.05, 0.1) is 23.4 Å². The van der Waals surface area contributed by atoms with Crippen LogP contribution in [0, 0.1) is 4.77 Å². The number of nitrogens with zero attached hydrogens (tertiary/aromatic N) is 3. The van der Waals surface area contributed by atoms with Gasteiger partial charge in [-0.2, -0.15) is 14.9 Å². The standard InChI is InChI=1S/C19H17Cl3N4O2S/c1-3-17-24-25-19(29)26(17)23-9-11-4-7-15(16(8-11)27-2)28-10-12-13(20)5-6-14(21)18(12)22/h4-9H,3,10H2,1-2H3,(H,25,29). The Kier molecular flexibility index (Phi) is 7.18. The number of ether oxygens (including phenoxy) is 2. The molecule has 0 saturated carbocycles. The first-order valence-electron chi connectivity index (χ1n) is 8.58. The number of hydrogen-bond acceptors (Lipinski definition) is 5. The molecule has 29 heavy (non-hydrogen) atoms. The third kappa shape index (κ3) is 4.93. The Morgan fingerprint density at radius 2 is 1.93 bits per heavy atom. The molecule has 0 aliphatic rings. The summed E-state index contributed by atoms with van der Waals surface area (Å²) in [4.78, 5) is 0. The van der Waals surface area contributed by atoms with Crippen LogP contribution < -0.4 is 9.47 Å². The molecule has 1 aromatic heterocycles. The first-order valence-corrected chi connectivity index (χ1v) is 10.1. The molecule has 1 N–H and O–H groups in total. The fourth-order valence-electron chi connectivity index (χ4n) is 2.53. The molecule has 3 rings (SSSR count). The molecule has 0 bridgehead atoms. The Bertz CT molecular complexity index is 1110. The van der Waals surface area contributed by atoms with Crippen molar-refractivity contribution >= 4 is 53.2 Å². The highest BCUT2D eigenvalue weighted by Crippen LogP contribution is 2.34. The minimum absolute atomic E-state index is 0.145. The highest BCUT2D eigenvalue weighted by atomic mass is 35.5. The van der Waals surface area contributed by atoms with E-state index in [9.17, 15) is 0 Å². The summed E-state index contributed by atoms with van der Waals surface area (Å²) in [7, 11) is 1.56. The van der Waals surface area contributed by atoms with E-state index in [0.29, 0.717) is 43.3 Å². The third-order valence-corrected chi connectivity index (χ3v) is 5.52. The third-order valence-electron chi connectivity index (χ3n) is 4.05. The van der Waals surface area contributed by atoms with Crippen LogP contribution in [0.15, 0.2) is 35.4 Å². The van der Waals surface area contributed by atoms with Gasteiger partial charge in [-0.15, -0.1) is 0 Å². The number of rotatable bonds is 7. The Balaban J connectivity index is 1.81.